The minimum Gasteiger partial charge on any atom is -0.319 e. The van der Waals surface area contributed by atoms with Gasteiger partial charge < -0.3 is 8.80 Å². The molecule has 5 heteroatoms. The lowest BCUT2D eigenvalue weighted by molar-refractivity contribution is 0.846. The third kappa shape index (κ3) is 2.75. The van der Waals surface area contributed by atoms with Crippen LogP contribution in [0.5, 0.6) is 0 Å². The summed E-state index contributed by atoms with van der Waals surface area (Å²) in [4.78, 5) is 0. The predicted molar refractivity (Wildman–Crippen MR) is 117 cm³/mol. The van der Waals surface area contributed by atoms with Crippen molar-refractivity contribution in [1.29, 1.82) is 10.5 Å². The first-order valence-corrected chi connectivity index (χ1v) is 9.84. The minimum atomic E-state index is -0.198. The fraction of sp³-hybridized carbons (Fsp3) is 0.0400. The molecule has 0 radical (unpaired) electrons. The molecule has 4 aromatic heterocycles. The van der Waals surface area contributed by atoms with Gasteiger partial charge in [0.15, 0.2) is 0 Å². The van der Waals surface area contributed by atoms with Crippen molar-refractivity contribution in [2.45, 2.75) is 5.92 Å². The van der Waals surface area contributed by atoms with Gasteiger partial charge in [-0.05, 0) is 54.1 Å². The van der Waals surface area contributed by atoms with Gasteiger partial charge in [-0.1, -0.05) is 35.9 Å². The molecule has 0 atom stereocenters. The molecule has 142 valence electrons. The van der Waals surface area contributed by atoms with Crippen molar-refractivity contribution in [3.8, 4) is 12.1 Å². The highest BCUT2D eigenvalue weighted by Crippen LogP contribution is 2.36. The van der Waals surface area contributed by atoms with Gasteiger partial charge in [0.25, 0.3) is 0 Å². The van der Waals surface area contributed by atoms with Crippen LogP contribution in [-0.2, 0) is 0 Å². The van der Waals surface area contributed by atoms with E-state index < -0.39 is 0 Å². The van der Waals surface area contributed by atoms with Crippen LogP contribution in [0.1, 0.15) is 34.0 Å². The van der Waals surface area contributed by atoms with E-state index >= 15 is 0 Å². The van der Waals surface area contributed by atoms with Gasteiger partial charge >= 0.3 is 0 Å². The van der Waals surface area contributed by atoms with Crippen molar-refractivity contribution in [1.82, 2.24) is 8.80 Å². The Morgan fingerprint density at radius 1 is 0.700 bits per heavy atom. The molecule has 0 aliphatic carbocycles. The van der Waals surface area contributed by atoms with E-state index in [0.717, 1.165) is 28.0 Å². The molecule has 0 fully saturated rings. The molecule has 5 aromatic rings. The van der Waals surface area contributed by atoms with Gasteiger partial charge in [-0.3, -0.25) is 0 Å². The molecule has 1 aromatic carbocycles. The van der Waals surface area contributed by atoms with E-state index in [1.165, 1.54) is 0 Å². The van der Waals surface area contributed by atoms with Crippen LogP contribution in [0.25, 0.3) is 11.0 Å². The highest BCUT2D eigenvalue weighted by atomic mass is 35.5. The molecule has 4 heterocycles. The van der Waals surface area contributed by atoms with Crippen LogP contribution in [0.15, 0.2) is 85.2 Å². The molecule has 0 spiro atoms. The number of halogens is 1. The topological polar surface area (TPSA) is 56.4 Å². The van der Waals surface area contributed by atoms with Crippen LogP contribution in [0.4, 0.5) is 0 Å². The fourth-order valence-electron chi connectivity index (χ4n) is 4.13. The summed E-state index contributed by atoms with van der Waals surface area (Å²) in [5, 5.41) is 20.0. The van der Waals surface area contributed by atoms with Crippen molar-refractivity contribution >= 4 is 22.6 Å². The molecule has 0 saturated carbocycles. The summed E-state index contributed by atoms with van der Waals surface area (Å²) in [7, 11) is 0. The van der Waals surface area contributed by atoms with E-state index in [9.17, 15) is 10.5 Å². The Morgan fingerprint density at radius 2 is 1.20 bits per heavy atom. The highest BCUT2D eigenvalue weighted by Gasteiger charge is 2.25. The van der Waals surface area contributed by atoms with E-state index in [0.29, 0.717) is 16.1 Å². The zero-order chi connectivity index (χ0) is 20.7. The van der Waals surface area contributed by atoms with Crippen LogP contribution >= 0.6 is 11.6 Å². The van der Waals surface area contributed by atoms with Crippen molar-refractivity contribution < 1.29 is 0 Å². The van der Waals surface area contributed by atoms with Gasteiger partial charge in [0.05, 0.1) is 28.1 Å². The average Bonchev–Trinajstić information content (AvgIpc) is 3.34. The summed E-state index contributed by atoms with van der Waals surface area (Å²) < 4.78 is 4.10. The number of nitrogens with zero attached hydrogens (tertiary/aromatic N) is 4. The number of hydrogen-bond donors (Lipinski definition) is 0. The van der Waals surface area contributed by atoms with Crippen LogP contribution in [0.2, 0.25) is 5.02 Å². The summed E-state index contributed by atoms with van der Waals surface area (Å²) in [5.74, 6) is -0.198. The van der Waals surface area contributed by atoms with E-state index in [1.54, 1.807) is 0 Å². The van der Waals surface area contributed by atoms with Gasteiger partial charge in [0.2, 0.25) is 0 Å². The number of aromatic nitrogens is 2. The molecule has 0 N–H and O–H groups in total. The van der Waals surface area contributed by atoms with E-state index in [-0.39, 0.29) is 5.92 Å². The lowest BCUT2D eigenvalue weighted by Gasteiger charge is -2.19. The van der Waals surface area contributed by atoms with Crippen LogP contribution in [0.3, 0.4) is 0 Å². The third-order valence-electron chi connectivity index (χ3n) is 5.45. The smallest absolute Gasteiger partial charge is 0.101 e. The number of benzene rings is 1. The Morgan fingerprint density at radius 3 is 1.67 bits per heavy atom. The van der Waals surface area contributed by atoms with Crippen molar-refractivity contribution in [3.05, 3.63) is 118 Å². The zero-order valence-electron chi connectivity index (χ0n) is 15.8. The maximum absolute atomic E-state index is 9.69. The Labute approximate surface area is 178 Å². The second-order valence-electron chi connectivity index (χ2n) is 7.09. The van der Waals surface area contributed by atoms with Crippen LogP contribution in [0, 0.1) is 22.7 Å². The largest absolute Gasteiger partial charge is 0.319 e. The average molecular weight is 407 g/mol. The molecule has 0 bridgehead atoms. The maximum Gasteiger partial charge on any atom is 0.101 e. The molecule has 0 aliphatic rings. The summed E-state index contributed by atoms with van der Waals surface area (Å²) in [6, 6.07) is 27.9. The molecule has 0 saturated heterocycles. The van der Waals surface area contributed by atoms with Gasteiger partial charge in [-0.15, -0.1) is 0 Å². The number of fused-ring (bicyclic) bond motifs is 2. The summed E-state index contributed by atoms with van der Waals surface area (Å²) in [5.41, 5.74) is 5.89. The fourth-order valence-corrected chi connectivity index (χ4v) is 4.26. The molecular weight excluding hydrogens is 392 g/mol. The van der Waals surface area contributed by atoms with Crippen molar-refractivity contribution in [2.24, 2.45) is 0 Å². The molecule has 0 aliphatic heterocycles. The predicted octanol–water partition coefficient (Wildman–Crippen LogP) is 5.77. The van der Waals surface area contributed by atoms with Gasteiger partial charge in [0, 0.05) is 28.8 Å². The molecule has 0 unspecified atom stereocenters. The first-order chi connectivity index (χ1) is 14.7. The highest BCUT2D eigenvalue weighted by molar-refractivity contribution is 6.30. The number of rotatable bonds is 3. The maximum atomic E-state index is 9.69. The van der Waals surface area contributed by atoms with Crippen LogP contribution < -0.4 is 0 Å². The number of pyridine rings is 2. The van der Waals surface area contributed by atoms with E-state index in [4.69, 9.17) is 11.6 Å². The third-order valence-corrected chi connectivity index (χ3v) is 5.70. The van der Waals surface area contributed by atoms with E-state index in [1.807, 2.05) is 94.0 Å². The second-order valence-corrected chi connectivity index (χ2v) is 7.52. The Balaban J connectivity index is 1.87. The normalized spacial score (nSPS) is 11.1. The monoisotopic (exact) mass is 406 g/mol. The second kappa shape index (κ2) is 7.12. The van der Waals surface area contributed by atoms with Crippen LogP contribution in [-0.4, -0.2) is 8.80 Å². The SMILES string of the molecule is N#Cc1cc(C(c2ccc(Cl)cc2)c2cc(C#N)c3ccccn23)n2ccccc12. The van der Waals surface area contributed by atoms with E-state index in [2.05, 4.69) is 12.1 Å². The van der Waals surface area contributed by atoms with Crippen molar-refractivity contribution in [3.63, 3.8) is 0 Å². The number of hydrogen-bond acceptors (Lipinski definition) is 2. The Hall–Kier alpha value is -3.99. The summed E-state index contributed by atoms with van der Waals surface area (Å²) >= 11 is 6.16. The molecule has 30 heavy (non-hydrogen) atoms. The minimum absolute atomic E-state index is 0.198. The van der Waals surface area contributed by atoms with Gasteiger partial charge in [0.1, 0.15) is 12.1 Å². The zero-order valence-corrected chi connectivity index (χ0v) is 16.6. The van der Waals surface area contributed by atoms with Gasteiger partial charge in [-0.2, -0.15) is 10.5 Å². The first kappa shape index (κ1) is 18.1. The summed E-state index contributed by atoms with van der Waals surface area (Å²) in [6.45, 7) is 0. The quantitative estimate of drug-likeness (QED) is 0.382. The molecule has 4 nitrogen and oxygen atoms in total. The lowest BCUT2D eigenvalue weighted by atomic mass is 9.92. The molecular formula is C25H15ClN4. The van der Waals surface area contributed by atoms with Gasteiger partial charge in [-0.25, -0.2) is 0 Å². The molecule has 5 rings (SSSR count). The summed E-state index contributed by atoms with van der Waals surface area (Å²) in [6.07, 6.45) is 3.94. The standard InChI is InChI=1S/C25H15ClN4/c26-20-9-7-17(8-10-20)25(23-13-18(15-27)21-5-1-3-11-29(21)23)24-14-19(16-28)22-6-2-4-12-30(22)24/h1-14,25H. The number of nitriles is 2. The van der Waals surface area contributed by atoms with Crippen molar-refractivity contribution in [2.75, 3.05) is 0 Å². The Bertz CT molecular complexity index is 1380. The lowest BCUT2D eigenvalue weighted by Crippen LogP contribution is -2.09. The Kier molecular flexibility index (Phi) is 4.29. The first-order valence-electron chi connectivity index (χ1n) is 9.47. The molecule has 0 amide bonds.